The summed E-state index contributed by atoms with van der Waals surface area (Å²) in [7, 11) is 0. The van der Waals surface area contributed by atoms with Crippen LogP contribution in [0, 0.1) is 5.92 Å². The first kappa shape index (κ1) is 15.7. The summed E-state index contributed by atoms with van der Waals surface area (Å²) in [6, 6.07) is 6.22. The molecule has 0 spiro atoms. The van der Waals surface area contributed by atoms with Crippen LogP contribution < -0.4 is 5.32 Å². The highest BCUT2D eigenvalue weighted by Gasteiger charge is 2.29. The van der Waals surface area contributed by atoms with E-state index in [1.165, 1.54) is 41.9 Å². The zero-order chi connectivity index (χ0) is 14.8. The monoisotopic (exact) mass is 447 g/mol. The molecule has 0 aromatic carbocycles. The molecule has 1 aliphatic carbocycles. The molecule has 1 N–H and O–H groups in total. The highest BCUT2D eigenvalue weighted by molar-refractivity contribution is 9.12. The van der Waals surface area contributed by atoms with Crippen molar-refractivity contribution < 1.29 is 4.79 Å². The minimum absolute atomic E-state index is 0.00845. The van der Waals surface area contributed by atoms with E-state index in [4.69, 9.17) is 0 Å². The van der Waals surface area contributed by atoms with E-state index < -0.39 is 0 Å². The van der Waals surface area contributed by atoms with E-state index >= 15 is 0 Å². The Morgan fingerprint density at radius 2 is 2.10 bits per heavy atom. The Kier molecular flexibility index (Phi) is 5.19. The number of carbonyl (C=O) groups is 1. The average molecular weight is 449 g/mol. The zero-order valence-electron chi connectivity index (χ0n) is 11.3. The molecule has 1 saturated carbocycles. The molecule has 0 aliphatic heterocycles. The third-order valence-electron chi connectivity index (χ3n) is 3.91. The molecule has 0 saturated heterocycles. The summed E-state index contributed by atoms with van der Waals surface area (Å²) in [6.45, 7) is 0. The third-order valence-corrected chi connectivity index (χ3v) is 7.20. The molecule has 112 valence electrons. The molecule has 2 nitrogen and oxygen atoms in total. The Balaban J connectivity index is 1.81. The van der Waals surface area contributed by atoms with Crippen molar-refractivity contribution in [2.75, 3.05) is 0 Å². The maximum atomic E-state index is 12.6. The van der Waals surface area contributed by atoms with Crippen LogP contribution in [0.3, 0.4) is 0 Å². The fourth-order valence-corrected chi connectivity index (χ4v) is 6.56. The third kappa shape index (κ3) is 3.60. The number of rotatable bonds is 4. The van der Waals surface area contributed by atoms with E-state index in [9.17, 15) is 4.79 Å². The first-order chi connectivity index (χ1) is 10.1. The van der Waals surface area contributed by atoms with Gasteiger partial charge in [-0.05, 0) is 68.1 Å². The van der Waals surface area contributed by atoms with Crippen molar-refractivity contribution in [3.8, 4) is 0 Å². The summed E-state index contributed by atoms with van der Waals surface area (Å²) in [4.78, 5) is 13.9. The second-order valence-corrected chi connectivity index (χ2v) is 9.98. The van der Waals surface area contributed by atoms with Crippen LogP contribution >= 0.6 is 54.5 Å². The van der Waals surface area contributed by atoms with Gasteiger partial charge in [0, 0.05) is 4.88 Å². The van der Waals surface area contributed by atoms with Gasteiger partial charge in [0.25, 0.3) is 5.91 Å². The lowest BCUT2D eigenvalue weighted by Crippen LogP contribution is -2.32. The van der Waals surface area contributed by atoms with Crippen molar-refractivity contribution in [1.29, 1.82) is 0 Å². The molecule has 6 heteroatoms. The summed E-state index contributed by atoms with van der Waals surface area (Å²) in [5, 5.41) is 5.34. The molecule has 1 amide bonds. The molecule has 0 bridgehead atoms. The maximum Gasteiger partial charge on any atom is 0.253 e. The lowest BCUT2D eigenvalue weighted by Gasteiger charge is -2.23. The second-order valence-electron chi connectivity index (χ2n) is 5.25. The van der Waals surface area contributed by atoms with Crippen LogP contribution in [0.1, 0.15) is 47.0 Å². The van der Waals surface area contributed by atoms with Crippen molar-refractivity contribution in [2.24, 2.45) is 5.92 Å². The molecule has 21 heavy (non-hydrogen) atoms. The van der Waals surface area contributed by atoms with Gasteiger partial charge in [-0.1, -0.05) is 18.9 Å². The Bertz CT molecular complexity index is 618. The van der Waals surface area contributed by atoms with Crippen LogP contribution in [-0.2, 0) is 0 Å². The van der Waals surface area contributed by atoms with E-state index in [0.29, 0.717) is 11.5 Å². The van der Waals surface area contributed by atoms with E-state index in [1.54, 1.807) is 11.3 Å². The molecule has 1 fully saturated rings. The maximum absolute atomic E-state index is 12.6. The van der Waals surface area contributed by atoms with Crippen LogP contribution in [0.2, 0.25) is 0 Å². The van der Waals surface area contributed by atoms with Gasteiger partial charge in [-0.3, -0.25) is 4.79 Å². The molecule has 3 rings (SSSR count). The molecular formula is C15H15Br2NOS2. The minimum atomic E-state index is 0.00845. The number of thiophene rings is 2. The van der Waals surface area contributed by atoms with Gasteiger partial charge in [-0.2, -0.15) is 0 Å². The van der Waals surface area contributed by atoms with Crippen LogP contribution in [0.25, 0.3) is 0 Å². The van der Waals surface area contributed by atoms with Gasteiger partial charge >= 0.3 is 0 Å². The molecule has 2 aromatic heterocycles. The first-order valence-corrected chi connectivity index (χ1v) is 10.2. The Morgan fingerprint density at radius 3 is 2.67 bits per heavy atom. The molecule has 2 heterocycles. The minimum Gasteiger partial charge on any atom is -0.344 e. The number of nitrogens with one attached hydrogen (secondary N) is 1. The summed E-state index contributed by atoms with van der Waals surface area (Å²) in [6.07, 6.45) is 4.96. The number of carbonyl (C=O) groups excluding carboxylic acids is 1. The largest absolute Gasteiger partial charge is 0.344 e. The Labute approximate surface area is 149 Å². The average Bonchev–Trinajstić information content (AvgIpc) is 3.17. The van der Waals surface area contributed by atoms with Gasteiger partial charge in [0.1, 0.15) is 0 Å². The predicted octanol–water partition coefficient (Wildman–Crippen LogP) is 6.00. The smallest absolute Gasteiger partial charge is 0.253 e. The molecule has 1 atom stereocenters. The normalized spacial score (nSPS) is 17.0. The number of hydrogen-bond donors (Lipinski definition) is 1. The van der Waals surface area contributed by atoms with Gasteiger partial charge in [-0.15, -0.1) is 22.7 Å². The number of hydrogen-bond acceptors (Lipinski definition) is 3. The van der Waals surface area contributed by atoms with Gasteiger partial charge in [0.05, 0.1) is 19.2 Å². The van der Waals surface area contributed by atoms with Gasteiger partial charge in [0.2, 0.25) is 0 Å². The summed E-state index contributed by atoms with van der Waals surface area (Å²) in [5.41, 5.74) is 0.714. The highest BCUT2D eigenvalue weighted by atomic mass is 79.9. The van der Waals surface area contributed by atoms with Crippen molar-refractivity contribution >= 4 is 60.4 Å². The topological polar surface area (TPSA) is 29.1 Å². The number of halogens is 2. The predicted molar refractivity (Wildman–Crippen MR) is 96.2 cm³/mol. The van der Waals surface area contributed by atoms with Gasteiger partial charge in [0.15, 0.2) is 0 Å². The quantitative estimate of drug-likeness (QED) is 0.610. The van der Waals surface area contributed by atoms with E-state index in [0.717, 1.165) is 7.57 Å². The number of amides is 1. The van der Waals surface area contributed by atoms with E-state index in [-0.39, 0.29) is 11.9 Å². The van der Waals surface area contributed by atoms with Crippen LogP contribution in [0.4, 0.5) is 0 Å². The fourth-order valence-electron chi connectivity index (χ4n) is 2.89. The van der Waals surface area contributed by atoms with Crippen molar-refractivity contribution in [2.45, 2.75) is 31.7 Å². The Morgan fingerprint density at radius 1 is 1.33 bits per heavy atom. The van der Waals surface area contributed by atoms with Gasteiger partial charge in [-0.25, -0.2) is 0 Å². The second kappa shape index (κ2) is 6.94. The molecule has 1 aliphatic rings. The van der Waals surface area contributed by atoms with Crippen LogP contribution in [0.15, 0.2) is 31.2 Å². The summed E-state index contributed by atoms with van der Waals surface area (Å²) in [5.74, 6) is 0.572. The molecular weight excluding hydrogens is 434 g/mol. The van der Waals surface area contributed by atoms with Gasteiger partial charge < -0.3 is 5.32 Å². The summed E-state index contributed by atoms with van der Waals surface area (Å²) < 4.78 is 1.84. The van der Waals surface area contributed by atoms with Crippen LogP contribution in [0.5, 0.6) is 0 Å². The molecule has 0 radical (unpaired) electrons. The van der Waals surface area contributed by atoms with E-state index in [1.807, 2.05) is 6.07 Å². The first-order valence-electron chi connectivity index (χ1n) is 6.94. The highest BCUT2D eigenvalue weighted by Crippen LogP contribution is 2.38. The lowest BCUT2D eigenvalue weighted by molar-refractivity contribution is 0.0922. The van der Waals surface area contributed by atoms with E-state index in [2.05, 4.69) is 54.7 Å². The van der Waals surface area contributed by atoms with Crippen molar-refractivity contribution in [1.82, 2.24) is 5.32 Å². The van der Waals surface area contributed by atoms with Crippen molar-refractivity contribution in [3.63, 3.8) is 0 Å². The standard InChI is InChI=1S/C15H15Br2NOS2/c16-12-8-10(14(17)21-12)15(19)18-13(9-4-1-2-5-9)11-6-3-7-20-11/h3,6-9,13H,1-2,4-5H2,(H,18,19). The van der Waals surface area contributed by atoms with Crippen LogP contribution in [-0.4, -0.2) is 5.91 Å². The van der Waals surface area contributed by atoms with Crippen molar-refractivity contribution in [3.05, 3.63) is 41.6 Å². The lowest BCUT2D eigenvalue weighted by atomic mass is 9.96. The SMILES string of the molecule is O=C(NC(c1cccs1)C1CCCC1)c1cc(Br)sc1Br. The fraction of sp³-hybridized carbons (Fsp3) is 0.400. The summed E-state index contributed by atoms with van der Waals surface area (Å²) >= 11 is 10.2. The zero-order valence-corrected chi connectivity index (χ0v) is 16.1. The molecule has 2 aromatic rings. The molecule has 1 unspecified atom stereocenters. The Hall–Kier alpha value is -0.170.